The maximum absolute atomic E-state index is 10.7. The number of fused-ring (bicyclic) bond motifs is 1. The van der Waals surface area contributed by atoms with E-state index in [2.05, 4.69) is 4.98 Å². The molecule has 1 aliphatic rings. The van der Waals surface area contributed by atoms with Crippen LogP contribution in [0.5, 0.6) is 0 Å². The molecule has 2 rings (SSSR count). The average Bonchev–Trinajstić information content (AvgIpc) is 2.50. The molecule has 0 amide bonds. The molecule has 0 aliphatic carbocycles. The number of nitrogens with zero attached hydrogens (tertiary/aromatic N) is 2. The van der Waals surface area contributed by atoms with Gasteiger partial charge in [0, 0.05) is 18.8 Å². The van der Waals surface area contributed by atoms with Gasteiger partial charge in [-0.25, -0.2) is 9.78 Å². The number of aryl methyl sites for hydroxylation is 1. The number of imidazole rings is 1. The standard InChI is InChI=1S/C8H10N2O3/c11-7(12)8(13)2-1-6-9-3-4-10(6)5-8/h3-4,13H,1-2,5H2,(H,11,12). The first kappa shape index (κ1) is 8.25. The minimum absolute atomic E-state index is 0.0949. The molecule has 70 valence electrons. The van der Waals surface area contributed by atoms with E-state index >= 15 is 0 Å². The Morgan fingerprint density at radius 1 is 1.69 bits per heavy atom. The van der Waals surface area contributed by atoms with Gasteiger partial charge in [-0.3, -0.25) is 0 Å². The minimum Gasteiger partial charge on any atom is -0.479 e. The van der Waals surface area contributed by atoms with Gasteiger partial charge in [-0.05, 0) is 6.42 Å². The molecule has 0 saturated heterocycles. The number of rotatable bonds is 1. The van der Waals surface area contributed by atoms with E-state index in [4.69, 9.17) is 5.11 Å². The van der Waals surface area contributed by atoms with E-state index in [1.165, 1.54) is 0 Å². The molecular formula is C8H10N2O3. The highest BCUT2D eigenvalue weighted by molar-refractivity contribution is 5.77. The molecule has 5 heteroatoms. The van der Waals surface area contributed by atoms with Crippen molar-refractivity contribution in [3.05, 3.63) is 18.2 Å². The van der Waals surface area contributed by atoms with Crippen LogP contribution in [0.25, 0.3) is 0 Å². The zero-order chi connectivity index (χ0) is 9.47. The van der Waals surface area contributed by atoms with Gasteiger partial charge in [0.15, 0.2) is 5.60 Å². The predicted octanol–water partition coefficient (Wildman–Crippen LogP) is -0.355. The summed E-state index contributed by atoms with van der Waals surface area (Å²) in [6.45, 7) is 0.0949. The van der Waals surface area contributed by atoms with Crippen molar-refractivity contribution in [1.29, 1.82) is 0 Å². The van der Waals surface area contributed by atoms with E-state index in [0.29, 0.717) is 6.42 Å². The van der Waals surface area contributed by atoms with Crippen LogP contribution in [0, 0.1) is 0 Å². The molecule has 2 heterocycles. The Kier molecular flexibility index (Phi) is 1.63. The van der Waals surface area contributed by atoms with Gasteiger partial charge in [0.2, 0.25) is 0 Å². The highest BCUT2D eigenvalue weighted by Crippen LogP contribution is 2.22. The fraction of sp³-hybridized carbons (Fsp3) is 0.500. The van der Waals surface area contributed by atoms with Crippen LogP contribution in [0.3, 0.4) is 0 Å². The van der Waals surface area contributed by atoms with Crippen LogP contribution in [0.4, 0.5) is 0 Å². The molecule has 1 aromatic heterocycles. The second-order valence-electron chi connectivity index (χ2n) is 3.31. The first-order valence-electron chi connectivity index (χ1n) is 4.08. The lowest BCUT2D eigenvalue weighted by atomic mass is 9.94. The molecule has 5 nitrogen and oxygen atoms in total. The highest BCUT2D eigenvalue weighted by Gasteiger charge is 2.39. The van der Waals surface area contributed by atoms with Crippen LogP contribution in [0.2, 0.25) is 0 Å². The topological polar surface area (TPSA) is 75.3 Å². The van der Waals surface area contributed by atoms with Gasteiger partial charge in [-0.15, -0.1) is 0 Å². The summed E-state index contributed by atoms with van der Waals surface area (Å²) in [5.41, 5.74) is -1.62. The van der Waals surface area contributed by atoms with Crippen LogP contribution in [0.1, 0.15) is 12.2 Å². The lowest BCUT2D eigenvalue weighted by molar-refractivity contribution is -0.161. The largest absolute Gasteiger partial charge is 0.479 e. The first-order valence-corrected chi connectivity index (χ1v) is 4.08. The Hall–Kier alpha value is -1.36. The maximum atomic E-state index is 10.7. The lowest BCUT2D eigenvalue weighted by Gasteiger charge is -2.28. The van der Waals surface area contributed by atoms with Crippen LogP contribution in [-0.2, 0) is 17.8 Å². The fourth-order valence-corrected chi connectivity index (χ4v) is 1.57. The molecule has 1 aliphatic heterocycles. The summed E-state index contributed by atoms with van der Waals surface area (Å²) >= 11 is 0. The van der Waals surface area contributed by atoms with E-state index in [-0.39, 0.29) is 13.0 Å². The van der Waals surface area contributed by atoms with E-state index in [1.54, 1.807) is 17.0 Å². The van der Waals surface area contributed by atoms with Crippen molar-refractivity contribution in [3.63, 3.8) is 0 Å². The Labute approximate surface area is 74.6 Å². The molecule has 0 fully saturated rings. The van der Waals surface area contributed by atoms with Crippen LogP contribution in [-0.4, -0.2) is 31.3 Å². The lowest BCUT2D eigenvalue weighted by Crippen LogP contribution is -2.46. The number of aliphatic hydroxyl groups is 1. The van der Waals surface area contributed by atoms with Crippen molar-refractivity contribution >= 4 is 5.97 Å². The Balaban J connectivity index is 2.30. The van der Waals surface area contributed by atoms with Crippen LogP contribution >= 0.6 is 0 Å². The Morgan fingerprint density at radius 2 is 2.46 bits per heavy atom. The van der Waals surface area contributed by atoms with E-state index in [0.717, 1.165) is 5.82 Å². The van der Waals surface area contributed by atoms with Crippen molar-refractivity contribution in [2.24, 2.45) is 0 Å². The number of hydrogen-bond acceptors (Lipinski definition) is 3. The van der Waals surface area contributed by atoms with Crippen molar-refractivity contribution in [3.8, 4) is 0 Å². The Morgan fingerprint density at radius 3 is 3.15 bits per heavy atom. The molecule has 13 heavy (non-hydrogen) atoms. The number of aliphatic carboxylic acids is 1. The van der Waals surface area contributed by atoms with Crippen molar-refractivity contribution in [2.75, 3.05) is 0 Å². The summed E-state index contributed by atoms with van der Waals surface area (Å²) in [5, 5.41) is 18.4. The molecule has 0 saturated carbocycles. The van der Waals surface area contributed by atoms with Crippen LogP contribution < -0.4 is 0 Å². The number of carbonyl (C=O) groups is 1. The summed E-state index contributed by atoms with van der Waals surface area (Å²) in [6, 6.07) is 0. The molecule has 1 unspecified atom stereocenters. The smallest absolute Gasteiger partial charge is 0.337 e. The summed E-state index contributed by atoms with van der Waals surface area (Å²) in [6.07, 6.45) is 4.04. The van der Waals surface area contributed by atoms with Crippen molar-refractivity contribution in [2.45, 2.75) is 25.0 Å². The molecule has 1 aromatic rings. The summed E-state index contributed by atoms with van der Waals surface area (Å²) < 4.78 is 1.68. The van der Waals surface area contributed by atoms with Gasteiger partial charge in [0.1, 0.15) is 5.82 Å². The van der Waals surface area contributed by atoms with Gasteiger partial charge in [0.05, 0.1) is 6.54 Å². The number of carboxylic acid groups (broad SMARTS) is 1. The molecular weight excluding hydrogens is 172 g/mol. The van der Waals surface area contributed by atoms with Gasteiger partial charge in [-0.2, -0.15) is 0 Å². The zero-order valence-electron chi connectivity index (χ0n) is 6.97. The Bertz CT molecular complexity index is 347. The first-order chi connectivity index (χ1) is 6.12. The van der Waals surface area contributed by atoms with Gasteiger partial charge in [-0.1, -0.05) is 0 Å². The molecule has 1 atom stereocenters. The van der Waals surface area contributed by atoms with Gasteiger partial charge >= 0.3 is 5.97 Å². The zero-order valence-corrected chi connectivity index (χ0v) is 6.97. The quantitative estimate of drug-likeness (QED) is 0.622. The van der Waals surface area contributed by atoms with Crippen molar-refractivity contribution < 1.29 is 15.0 Å². The van der Waals surface area contributed by atoms with Crippen molar-refractivity contribution in [1.82, 2.24) is 9.55 Å². The summed E-state index contributed by atoms with van der Waals surface area (Å²) in [5.74, 6) is -0.322. The molecule has 0 spiro atoms. The third-order valence-electron chi connectivity index (χ3n) is 2.39. The average molecular weight is 182 g/mol. The second-order valence-corrected chi connectivity index (χ2v) is 3.31. The van der Waals surface area contributed by atoms with E-state index < -0.39 is 11.6 Å². The number of hydrogen-bond donors (Lipinski definition) is 2. The molecule has 2 N–H and O–H groups in total. The summed E-state index contributed by atoms with van der Waals surface area (Å²) in [4.78, 5) is 14.8. The number of carboxylic acids is 1. The summed E-state index contributed by atoms with van der Waals surface area (Å²) in [7, 11) is 0. The van der Waals surface area contributed by atoms with E-state index in [1.807, 2.05) is 0 Å². The second kappa shape index (κ2) is 2.56. The molecule has 0 bridgehead atoms. The van der Waals surface area contributed by atoms with Gasteiger partial charge < -0.3 is 14.8 Å². The maximum Gasteiger partial charge on any atom is 0.337 e. The van der Waals surface area contributed by atoms with E-state index in [9.17, 15) is 9.90 Å². The molecule has 0 aromatic carbocycles. The highest BCUT2D eigenvalue weighted by atomic mass is 16.4. The molecule has 0 radical (unpaired) electrons. The third-order valence-corrected chi connectivity index (χ3v) is 2.39. The van der Waals surface area contributed by atoms with Crippen LogP contribution in [0.15, 0.2) is 12.4 Å². The SMILES string of the molecule is O=C(O)C1(O)CCc2nccn2C1. The minimum atomic E-state index is -1.62. The fourth-order valence-electron chi connectivity index (χ4n) is 1.57. The van der Waals surface area contributed by atoms with Gasteiger partial charge in [0.25, 0.3) is 0 Å². The third kappa shape index (κ3) is 1.21. The monoisotopic (exact) mass is 182 g/mol. The number of aromatic nitrogens is 2. The normalized spacial score (nSPS) is 26.8. The predicted molar refractivity (Wildman–Crippen MR) is 43.1 cm³/mol.